The lowest BCUT2D eigenvalue weighted by Gasteiger charge is -2.06. The molecule has 1 aromatic carbocycles. The van der Waals surface area contributed by atoms with Gasteiger partial charge in [-0.2, -0.15) is 0 Å². The topological polar surface area (TPSA) is 72.7 Å². The summed E-state index contributed by atoms with van der Waals surface area (Å²) in [5.74, 6) is 0.784. The lowest BCUT2D eigenvalue weighted by Crippen LogP contribution is -2.11. The number of anilines is 1. The van der Waals surface area contributed by atoms with Crippen LogP contribution in [0.5, 0.6) is 0 Å². The first kappa shape index (κ1) is 15.7. The average molecular weight is 345 g/mol. The molecule has 2 aromatic heterocycles. The number of benzene rings is 1. The zero-order chi connectivity index (χ0) is 16.2. The summed E-state index contributed by atoms with van der Waals surface area (Å²) in [6, 6.07) is 7.52. The molecule has 0 atom stereocenters. The molecule has 1 N–H and O–H groups in total. The molecule has 0 unspecified atom stereocenters. The second-order valence-electron chi connectivity index (χ2n) is 4.83. The Balaban J connectivity index is 1.66. The van der Waals surface area contributed by atoms with Gasteiger partial charge in [0.25, 0.3) is 5.91 Å². The van der Waals surface area contributed by atoms with Gasteiger partial charge in [-0.15, -0.1) is 10.2 Å². The minimum absolute atomic E-state index is 0.181. The zero-order valence-electron chi connectivity index (χ0n) is 12.7. The van der Waals surface area contributed by atoms with E-state index in [2.05, 4.69) is 25.1 Å². The first-order valence-electron chi connectivity index (χ1n) is 6.91. The van der Waals surface area contributed by atoms with Gasteiger partial charge in [-0.05, 0) is 30.9 Å². The Morgan fingerprint density at radius 3 is 2.70 bits per heavy atom. The highest BCUT2D eigenvalue weighted by Crippen LogP contribution is 2.23. The molecule has 0 aliphatic carbocycles. The van der Waals surface area contributed by atoms with Crippen molar-refractivity contribution in [2.45, 2.75) is 17.8 Å². The van der Waals surface area contributed by atoms with Crippen molar-refractivity contribution in [3.8, 4) is 0 Å². The molecule has 118 valence electrons. The molecule has 6 nitrogen and oxygen atoms in total. The average Bonchev–Trinajstić information content (AvgIpc) is 3.17. The van der Waals surface area contributed by atoms with Crippen molar-refractivity contribution in [2.24, 2.45) is 0 Å². The van der Waals surface area contributed by atoms with Crippen LogP contribution in [0.4, 0.5) is 5.13 Å². The van der Waals surface area contributed by atoms with E-state index in [1.165, 1.54) is 23.1 Å². The molecule has 0 bridgehead atoms. The van der Waals surface area contributed by atoms with E-state index in [-0.39, 0.29) is 5.91 Å². The molecular formula is C15H15N5OS2. The minimum atomic E-state index is -0.181. The second kappa shape index (κ2) is 6.93. The van der Waals surface area contributed by atoms with E-state index in [0.717, 1.165) is 22.3 Å². The van der Waals surface area contributed by atoms with Crippen molar-refractivity contribution >= 4 is 34.1 Å². The lowest BCUT2D eigenvalue weighted by molar-refractivity contribution is 0.102. The fourth-order valence-corrected chi connectivity index (χ4v) is 3.21. The molecular weight excluding hydrogens is 330 g/mol. The van der Waals surface area contributed by atoms with Crippen LogP contribution in [0.2, 0.25) is 0 Å². The summed E-state index contributed by atoms with van der Waals surface area (Å²) >= 11 is 2.87. The Labute approximate surface area is 142 Å². The lowest BCUT2D eigenvalue weighted by atomic mass is 10.1. The Morgan fingerprint density at radius 2 is 2.09 bits per heavy atom. The van der Waals surface area contributed by atoms with Crippen molar-refractivity contribution in [3.05, 3.63) is 53.6 Å². The van der Waals surface area contributed by atoms with Crippen molar-refractivity contribution in [2.75, 3.05) is 11.6 Å². The normalized spacial score (nSPS) is 10.7. The smallest absolute Gasteiger partial charge is 0.257 e. The summed E-state index contributed by atoms with van der Waals surface area (Å²) < 4.78 is 2.88. The summed E-state index contributed by atoms with van der Waals surface area (Å²) in [5, 5.41) is 11.2. The molecule has 0 spiro atoms. The standard InChI is InChI=1S/C15H15N5OS2/c1-10-16-7-8-20(10)9-11-3-5-12(6-4-11)13(21)17-14-18-19-15(22-2)23-14/h3-8H,9H2,1-2H3,(H,17,18,21). The van der Waals surface area contributed by atoms with E-state index in [4.69, 9.17) is 0 Å². The highest BCUT2D eigenvalue weighted by atomic mass is 32.2. The molecule has 8 heteroatoms. The number of nitrogens with one attached hydrogen (secondary N) is 1. The van der Waals surface area contributed by atoms with Crippen LogP contribution in [0.3, 0.4) is 0 Å². The molecule has 0 saturated heterocycles. The van der Waals surface area contributed by atoms with Crippen LogP contribution in [0.15, 0.2) is 41.0 Å². The molecule has 2 heterocycles. The number of nitrogens with zero attached hydrogens (tertiary/aromatic N) is 4. The third-order valence-electron chi connectivity index (χ3n) is 3.29. The molecule has 0 radical (unpaired) electrons. The van der Waals surface area contributed by atoms with Crippen LogP contribution in [0, 0.1) is 6.92 Å². The van der Waals surface area contributed by atoms with Gasteiger partial charge in [0.2, 0.25) is 5.13 Å². The van der Waals surface area contributed by atoms with Gasteiger partial charge in [0.05, 0.1) is 0 Å². The van der Waals surface area contributed by atoms with Gasteiger partial charge in [-0.1, -0.05) is 35.2 Å². The third kappa shape index (κ3) is 3.77. The van der Waals surface area contributed by atoms with Crippen LogP contribution >= 0.6 is 23.1 Å². The quantitative estimate of drug-likeness (QED) is 0.568. The Bertz CT molecular complexity index is 809. The molecule has 23 heavy (non-hydrogen) atoms. The molecule has 0 aliphatic rings. The maximum Gasteiger partial charge on any atom is 0.257 e. The van der Waals surface area contributed by atoms with Crippen LogP contribution in [0.1, 0.15) is 21.7 Å². The second-order valence-corrected chi connectivity index (χ2v) is 6.86. The zero-order valence-corrected chi connectivity index (χ0v) is 14.3. The van der Waals surface area contributed by atoms with E-state index >= 15 is 0 Å². The van der Waals surface area contributed by atoms with Crippen molar-refractivity contribution < 1.29 is 4.79 Å². The van der Waals surface area contributed by atoms with E-state index in [0.29, 0.717) is 10.7 Å². The minimum Gasteiger partial charge on any atom is -0.331 e. The van der Waals surface area contributed by atoms with Crippen LogP contribution < -0.4 is 5.32 Å². The number of carbonyl (C=O) groups excluding carboxylic acids is 1. The molecule has 0 aliphatic heterocycles. The van der Waals surface area contributed by atoms with Crippen molar-refractivity contribution in [3.63, 3.8) is 0 Å². The van der Waals surface area contributed by atoms with Gasteiger partial charge in [0.1, 0.15) is 5.82 Å². The number of amides is 1. The predicted octanol–water partition coefficient (Wildman–Crippen LogP) is 3.07. The summed E-state index contributed by atoms with van der Waals surface area (Å²) in [6.45, 7) is 2.70. The van der Waals surface area contributed by atoms with E-state index in [1.807, 2.05) is 43.6 Å². The maximum absolute atomic E-state index is 12.2. The Kier molecular flexibility index (Phi) is 4.73. The Morgan fingerprint density at radius 1 is 1.30 bits per heavy atom. The van der Waals surface area contributed by atoms with Crippen LogP contribution in [0.25, 0.3) is 0 Å². The van der Waals surface area contributed by atoms with Gasteiger partial charge in [0.15, 0.2) is 4.34 Å². The molecule has 3 aromatic rings. The number of carbonyl (C=O) groups is 1. The monoisotopic (exact) mass is 345 g/mol. The van der Waals surface area contributed by atoms with Crippen molar-refractivity contribution in [1.82, 2.24) is 19.7 Å². The summed E-state index contributed by atoms with van der Waals surface area (Å²) in [6.07, 6.45) is 5.64. The van der Waals surface area contributed by atoms with Crippen LogP contribution in [-0.4, -0.2) is 31.9 Å². The molecule has 0 saturated carbocycles. The first-order chi connectivity index (χ1) is 11.2. The summed E-state index contributed by atoms with van der Waals surface area (Å²) in [7, 11) is 0. The molecule has 0 fully saturated rings. The van der Waals surface area contributed by atoms with Gasteiger partial charge in [-0.3, -0.25) is 10.1 Å². The highest BCUT2D eigenvalue weighted by Gasteiger charge is 2.10. The Hall–Kier alpha value is -2.19. The van der Waals surface area contributed by atoms with E-state index < -0.39 is 0 Å². The first-order valence-corrected chi connectivity index (χ1v) is 8.95. The SMILES string of the molecule is CSc1nnc(NC(=O)c2ccc(Cn3ccnc3C)cc2)s1. The van der Waals surface area contributed by atoms with Gasteiger partial charge < -0.3 is 4.57 Å². The summed E-state index contributed by atoms with van der Waals surface area (Å²) in [5.41, 5.74) is 1.71. The van der Waals surface area contributed by atoms with E-state index in [1.54, 1.807) is 6.20 Å². The maximum atomic E-state index is 12.2. The van der Waals surface area contributed by atoms with Crippen molar-refractivity contribution in [1.29, 1.82) is 0 Å². The third-order valence-corrected chi connectivity index (χ3v) is 5.11. The highest BCUT2D eigenvalue weighted by molar-refractivity contribution is 8.00. The number of hydrogen-bond donors (Lipinski definition) is 1. The van der Waals surface area contributed by atoms with Crippen LogP contribution in [-0.2, 0) is 6.54 Å². The molecule has 3 rings (SSSR count). The number of imidazole rings is 1. The largest absolute Gasteiger partial charge is 0.331 e. The number of aryl methyl sites for hydroxylation is 1. The van der Waals surface area contributed by atoms with Gasteiger partial charge >= 0.3 is 0 Å². The number of thioether (sulfide) groups is 1. The fourth-order valence-electron chi connectivity index (χ4n) is 2.04. The van der Waals surface area contributed by atoms with E-state index in [9.17, 15) is 4.79 Å². The summed E-state index contributed by atoms with van der Waals surface area (Å²) in [4.78, 5) is 16.4. The predicted molar refractivity (Wildman–Crippen MR) is 92.2 cm³/mol. The van der Waals surface area contributed by atoms with Gasteiger partial charge in [-0.25, -0.2) is 4.98 Å². The fraction of sp³-hybridized carbons (Fsp3) is 0.200. The molecule has 1 amide bonds. The number of aromatic nitrogens is 4. The number of hydrogen-bond acceptors (Lipinski definition) is 6. The number of rotatable bonds is 5. The van der Waals surface area contributed by atoms with Gasteiger partial charge in [0, 0.05) is 24.5 Å².